The molecule has 2 saturated carbocycles. The summed E-state index contributed by atoms with van der Waals surface area (Å²) in [7, 11) is 0. The second kappa shape index (κ2) is 4.09. The van der Waals surface area contributed by atoms with Crippen LogP contribution in [-0.2, 0) is 6.54 Å². The average molecular weight is 241 g/mol. The number of hydrogen-bond donors (Lipinski definition) is 2. The Balaban J connectivity index is 1.38. The maximum atomic E-state index is 4.32. The summed E-state index contributed by atoms with van der Waals surface area (Å²) >= 11 is 0. The molecule has 2 aromatic rings. The minimum Gasteiger partial charge on any atom is -0.346 e. The second-order valence-electron chi connectivity index (χ2n) is 5.84. The van der Waals surface area contributed by atoms with Gasteiger partial charge in [0.25, 0.3) is 0 Å². The van der Waals surface area contributed by atoms with Crippen molar-refractivity contribution in [2.45, 2.75) is 25.8 Å². The molecule has 0 aliphatic heterocycles. The van der Waals surface area contributed by atoms with E-state index >= 15 is 0 Å². The molecule has 4 rings (SSSR count). The van der Waals surface area contributed by atoms with E-state index in [0.29, 0.717) is 0 Å². The minimum absolute atomic E-state index is 0.951. The van der Waals surface area contributed by atoms with Crippen molar-refractivity contribution < 1.29 is 0 Å². The number of rotatable bonds is 4. The van der Waals surface area contributed by atoms with Crippen molar-refractivity contribution in [3.05, 3.63) is 30.1 Å². The third-order valence-corrected chi connectivity index (χ3v) is 4.96. The average Bonchev–Trinajstić information content (AvgIpc) is 2.83. The SMILES string of the molecule is c1cc(CNCC2CC3CCC32)c2cc[nH]c2n1. The van der Waals surface area contributed by atoms with Crippen LogP contribution in [0.1, 0.15) is 24.8 Å². The highest BCUT2D eigenvalue weighted by atomic mass is 14.9. The summed E-state index contributed by atoms with van der Waals surface area (Å²) in [6, 6.07) is 4.24. The Bertz CT molecular complexity index is 560. The van der Waals surface area contributed by atoms with Crippen molar-refractivity contribution in [3.8, 4) is 0 Å². The Morgan fingerprint density at radius 1 is 1.33 bits per heavy atom. The van der Waals surface area contributed by atoms with Crippen molar-refractivity contribution in [2.24, 2.45) is 17.8 Å². The molecule has 3 nitrogen and oxygen atoms in total. The highest BCUT2D eigenvalue weighted by molar-refractivity contribution is 5.79. The molecule has 3 atom stereocenters. The molecule has 0 radical (unpaired) electrons. The lowest BCUT2D eigenvalue weighted by Gasteiger charge is -2.53. The van der Waals surface area contributed by atoms with Gasteiger partial charge in [0.05, 0.1) is 0 Å². The van der Waals surface area contributed by atoms with Crippen LogP contribution in [0.4, 0.5) is 0 Å². The number of H-pyrrole nitrogens is 1. The fourth-order valence-corrected chi connectivity index (χ4v) is 3.68. The van der Waals surface area contributed by atoms with Crippen LogP contribution in [0.15, 0.2) is 24.5 Å². The van der Waals surface area contributed by atoms with Gasteiger partial charge in [-0.15, -0.1) is 0 Å². The first-order valence-electron chi connectivity index (χ1n) is 7.03. The summed E-state index contributed by atoms with van der Waals surface area (Å²) in [6.45, 7) is 2.15. The summed E-state index contributed by atoms with van der Waals surface area (Å²) in [5.41, 5.74) is 2.35. The zero-order valence-electron chi connectivity index (χ0n) is 10.5. The van der Waals surface area contributed by atoms with Gasteiger partial charge in [-0.2, -0.15) is 0 Å². The molecule has 3 heteroatoms. The third-order valence-electron chi connectivity index (χ3n) is 4.96. The van der Waals surface area contributed by atoms with Gasteiger partial charge in [0, 0.05) is 24.3 Å². The quantitative estimate of drug-likeness (QED) is 0.864. The number of hydrogen-bond acceptors (Lipinski definition) is 2. The molecule has 0 spiro atoms. The lowest BCUT2D eigenvalue weighted by Crippen LogP contribution is -2.48. The number of fused-ring (bicyclic) bond motifs is 2. The first-order valence-corrected chi connectivity index (χ1v) is 7.03. The molecule has 2 fully saturated rings. The smallest absolute Gasteiger partial charge is 0.137 e. The van der Waals surface area contributed by atoms with E-state index in [0.717, 1.165) is 29.9 Å². The standard InChI is InChI=1S/C15H19N3/c1-2-13-10(1)7-12(13)9-16-8-11-3-5-17-15-14(11)4-6-18-15/h3-6,10,12-13,16H,1-2,7-9H2,(H,17,18). The Kier molecular flexibility index (Phi) is 2.40. The molecule has 0 amide bonds. The number of aromatic amines is 1. The van der Waals surface area contributed by atoms with Crippen LogP contribution in [0.2, 0.25) is 0 Å². The van der Waals surface area contributed by atoms with Crippen molar-refractivity contribution in [1.29, 1.82) is 0 Å². The molecule has 18 heavy (non-hydrogen) atoms. The Labute approximate surface area is 107 Å². The van der Waals surface area contributed by atoms with E-state index in [9.17, 15) is 0 Å². The van der Waals surface area contributed by atoms with Gasteiger partial charge in [0.2, 0.25) is 0 Å². The Morgan fingerprint density at radius 3 is 3.11 bits per heavy atom. The topological polar surface area (TPSA) is 40.7 Å². The predicted molar refractivity (Wildman–Crippen MR) is 72.1 cm³/mol. The van der Waals surface area contributed by atoms with Gasteiger partial charge in [-0.05, 0) is 61.3 Å². The first kappa shape index (κ1) is 10.6. The lowest BCUT2D eigenvalue weighted by atomic mass is 9.53. The normalized spacial score (nSPS) is 29.7. The fourth-order valence-electron chi connectivity index (χ4n) is 3.68. The molecule has 2 N–H and O–H groups in total. The molecular formula is C15H19N3. The maximum absolute atomic E-state index is 4.32. The van der Waals surface area contributed by atoms with Gasteiger partial charge in [0.1, 0.15) is 5.65 Å². The molecule has 0 saturated heterocycles. The van der Waals surface area contributed by atoms with E-state index in [1.54, 1.807) is 0 Å². The summed E-state index contributed by atoms with van der Waals surface area (Å²) < 4.78 is 0. The first-order chi connectivity index (χ1) is 8.92. The van der Waals surface area contributed by atoms with Gasteiger partial charge in [-0.1, -0.05) is 0 Å². The number of nitrogens with zero attached hydrogens (tertiary/aromatic N) is 1. The van der Waals surface area contributed by atoms with Gasteiger partial charge >= 0.3 is 0 Å². The van der Waals surface area contributed by atoms with Crippen LogP contribution in [0.5, 0.6) is 0 Å². The molecule has 2 aromatic heterocycles. The van der Waals surface area contributed by atoms with E-state index in [-0.39, 0.29) is 0 Å². The van der Waals surface area contributed by atoms with Gasteiger partial charge in [0.15, 0.2) is 0 Å². The van der Waals surface area contributed by atoms with Crippen LogP contribution in [0.3, 0.4) is 0 Å². The van der Waals surface area contributed by atoms with Crippen LogP contribution in [-0.4, -0.2) is 16.5 Å². The van der Waals surface area contributed by atoms with Crippen LogP contribution in [0, 0.1) is 17.8 Å². The summed E-state index contributed by atoms with van der Waals surface area (Å²) in [5, 5.41) is 4.88. The zero-order valence-corrected chi connectivity index (χ0v) is 10.5. The van der Waals surface area contributed by atoms with Crippen LogP contribution in [0.25, 0.3) is 11.0 Å². The molecule has 2 aliphatic rings. The minimum atomic E-state index is 0.951. The number of nitrogens with one attached hydrogen (secondary N) is 2. The highest BCUT2D eigenvalue weighted by Gasteiger charge is 2.46. The Morgan fingerprint density at radius 2 is 2.33 bits per heavy atom. The monoisotopic (exact) mass is 241 g/mol. The van der Waals surface area contributed by atoms with E-state index in [1.165, 1.54) is 36.8 Å². The molecule has 3 unspecified atom stereocenters. The van der Waals surface area contributed by atoms with Gasteiger partial charge in [-0.3, -0.25) is 0 Å². The summed E-state index contributed by atoms with van der Waals surface area (Å²) in [6.07, 6.45) is 8.30. The summed E-state index contributed by atoms with van der Waals surface area (Å²) in [4.78, 5) is 7.48. The van der Waals surface area contributed by atoms with Gasteiger partial charge < -0.3 is 10.3 Å². The molecule has 2 heterocycles. The maximum Gasteiger partial charge on any atom is 0.137 e. The number of aromatic nitrogens is 2. The van der Waals surface area contributed by atoms with E-state index < -0.39 is 0 Å². The molecule has 94 valence electrons. The van der Waals surface area contributed by atoms with Crippen molar-refractivity contribution in [1.82, 2.24) is 15.3 Å². The van der Waals surface area contributed by atoms with Crippen molar-refractivity contribution >= 4 is 11.0 Å². The van der Waals surface area contributed by atoms with Crippen molar-refractivity contribution in [3.63, 3.8) is 0 Å². The number of pyridine rings is 1. The highest BCUT2D eigenvalue weighted by Crippen LogP contribution is 2.53. The van der Waals surface area contributed by atoms with Crippen molar-refractivity contribution in [2.75, 3.05) is 6.54 Å². The van der Waals surface area contributed by atoms with E-state index in [2.05, 4.69) is 27.4 Å². The molecule has 0 bridgehead atoms. The van der Waals surface area contributed by atoms with E-state index in [4.69, 9.17) is 0 Å². The van der Waals surface area contributed by atoms with Crippen LogP contribution < -0.4 is 5.32 Å². The van der Waals surface area contributed by atoms with Crippen LogP contribution >= 0.6 is 0 Å². The molecular weight excluding hydrogens is 222 g/mol. The third kappa shape index (κ3) is 1.57. The summed E-state index contributed by atoms with van der Waals surface area (Å²) in [5.74, 6) is 3.10. The Hall–Kier alpha value is -1.35. The zero-order chi connectivity index (χ0) is 11.9. The predicted octanol–water partition coefficient (Wildman–Crippen LogP) is 2.70. The second-order valence-corrected chi connectivity index (χ2v) is 5.84. The van der Waals surface area contributed by atoms with Gasteiger partial charge in [-0.25, -0.2) is 4.98 Å². The lowest BCUT2D eigenvalue weighted by molar-refractivity contribution is -0.0240. The van der Waals surface area contributed by atoms with E-state index in [1.807, 2.05) is 12.4 Å². The molecule has 2 aliphatic carbocycles. The largest absolute Gasteiger partial charge is 0.346 e. The molecule has 0 aromatic carbocycles. The fraction of sp³-hybridized carbons (Fsp3) is 0.533.